The van der Waals surface area contributed by atoms with Gasteiger partial charge in [0, 0.05) is 6.20 Å². The highest BCUT2D eigenvalue weighted by Gasteiger charge is 2.44. The molecule has 1 aliphatic carbocycles. The van der Waals surface area contributed by atoms with Crippen LogP contribution in [0, 0.1) is 0 Å². The Kier molecular flexibility index (Phi) is 1.47. The molecular weight excluding hydrogens is 198 g/mol. The maximum absolute atomic E-state index is 6.13. The molecule has 3 nitrogen and oxygen atoms in total. The normalized spacial score (nSPS) is 18.7. The Labute approximate surface area is 86.5 Å². The Morgan fingerprint density at radius 1 is 1.43 bits per heavy atom. The van der Waals surface area contributed by atoms with Gasteiger partial charge < -0.3 is 10.1 Å². The summed E-state index contributed by atoms with van der Waals surface area (Å²) < 4.78 is 1.98. The van der Waals surface area contributed by atoms with Crippen LogP contribution >= 0.6 is 11.6 Å². The van der Waals surface area contributed by atoms with Crippen molar-refractivity contribution in [2.45, 2.75) is 18.4 Å². The van der Waals surface area contributed by atoms with E-state index in [-0.39, 0.29) is 5.54 Å². The summed E-state index contributed by atoms with van der Waals surface area (Å²) in [5.74, 6) is 0. The molecule has 2 aromatic rings. The van der Waals surface area contributed by atoms with E-state index in [0.717, 1.165) is 24.2 Å². The molecule has 0 amide bonds. The van der Waals surface area contributed by atoms with Gasteiger partial charge in [-0.1, -0.05) is 17.7 Å². The van der Waals surface area contributed by atoms with Gasteiger partial charge >= 0.3 is 0 Å². The Morgan fingerprint density at radius 3 is 2.93 bits per heavy atom. The monoisotopic (exact) mass is 207 g/mol. The highest BCUT2D eigenvalue weighted by molar-refractivity contribution is 6.30. The highest BCUT2D eigenvalue weighted by Crippen LogP contribution is 2.45. The molecule has 1 aliphatic rings. The first-order valence-corrected chi connectivity index (χ1v) is 5.00. The molecule has 0 unspecified atom stereocenters. The average Bonchev–Trinajstić information content (AvgIpc) is 2.79. The number of nitrogens with two attached hydrogens (primary N) is 1. The highest BCUT2D eigenvalue weighted by atomic mass is 35.5. The number of rotatable bonds is 1. The van der Waals surface area contributed by atoms with Gasteiger partial charge in [-0.15, -0.1) is 0 Å². The molecule has 4 heteroatoms. The summed E-state index contributed by atoms with van der Waals surface area (Å²) in [6.45, 7) is 0. The summed E-state index contributed by atoms with van der Waals surface area (Å²) in [5, 5.41) is 0.538. The molecule has 0 atom stereocenters. The maximum atomic E-state index is 6.13. The van der Waals surface area contributed by atoms with Crippen molar-refractivity contribution in [2.75, 3.05) is 0 Å². The van der Waals surface area contributed by atoms with Crippen molar-refractivity contribution in [1.82, 2.24) is 9.38 Å². The van der Waals surface area contributed by atoms with Crippen LogP contribution in [0.5, 0.6) is 0 Å². The third kappa shape index (κ3) is 0.996. The van der Waals surface area contributed by atoms with E-state index in [1.165, 1.54) is 0 Å². The van der Waals surface area contributed by atoms with Gasteiger partial charge in [0.1, 0.15) is 5.65 Å². The summed E-state index contributed by atoms with van der Waals surface area (Å²) in [6.07, 6.45) is 3.95. The molecule has 2 heterocycles. The zero-order valence-corrected chi connectivity index (χ0v) is 8.33. The third-order valence-corrected chi connectivity index (χ3v) is 3.01. The lowest BCUT2D eigenvalue weighted by Gasteiger charge is -2.08. The zero-order valence-electron chi connectivity index (χ0n) is 7.57. The van der Waals surface area contributed by atoms with Crippen molar-refractivity contribution >= 4 is 17.2 Å². The molecule has 14 heavy (non-hydrogen) atoms. The van der Waals surface area contributed by atoms with Crippen molar-refractivity contribution < 1.29 is 0 Å². The van der Waals surface area contributed by atoms with E-state index in [1.54, 1.807) is 0 Å². The largest absolute Gasteiger partial charge is 0.320 e. The summed E-state index contributed by atoms with van der Waals surface area (Å²) in [5.41, 5.74) is 7.71. The van der Waals surface area contributed by atoms with E-state index in [9.17, 15) is 0 Å². The summed E-state index contributed by atoms with van der Waals surface area (Å²) >= 11 is 6.08. The standard InChI is InChI=1S/C10H10ClN3/c11-9-8(10(12)4-5-10)14-6-2-1-3-7(14)13-9/h1-3,6H,4-5,12H2. The van der Waals surface area contributed by atoms with E-state index >= 15 is 0 Å². The fourth-order valence-corrected chi connectivity index (χ4v) is 2.15. The van der Waals surface area contributed by atoms with Crippen LogP contribution in [0.15, 0.2) is 24.4 Å². The molecule has 0 spiro atoms. The number of hydrogen-bond acceptors (Lipinski definition) is 2. The number of aromatic nitrogens is 2. The minimum Gasteiger partial charge on any atom is -0.320 e. The Balaban J connectivity index is 2.36. The number of hydrogen-bond donors (Lipinski definition) is 1. The predicted octanol–water partition coefficient (Wildman–Crippen LogP) is 1.94. The molecule has 0 bridgehead atoms. The van der Waals surface area contributed by atoms with Crippen LogP contribution in [0.3, 0.4) is 0 Å². The maximum Gasteiger partial charge on any atom is 0.153 e. The van der Waals surface area contributed by atoms with Crippen LogP contribution in [0.4, 0.5) is 0 Å². The van der Waals surface area contributed by atoms with E-state index in [4.69, 9.17) is 17.3 Å². The van der Waals surface area contributed by atoms with Crippen LogP contribution in [0.25, 0.3) is 5.65 Å². The Morgan fingerprint density at radius 2 is 2.21 bits per heavy atom. The van der Waals surface area contributed by atoms with Gasteiger partial charge in [0.25, 0.3) is 0 Å². The van der Waals surface area contributed by atoms with E-state index in [0.29, 0.717) is 5.15 Å². The van der Waals surface area contributed by atoms with Crippen molar-refractivity contribution in [3.63, 3.8) is 0 Å². The molecule has 72 valence electrons. The Hall–Kier alpha value is -1.06. The summed E-state index contributed by atoms with van der Waals surface area (Å²) in [7, 11) is 0. The molecule has 0 radical (unpaired) electrons. The van der Waals surface area contributed by atoms with Gasteiger partial charge in [-0.05, 0) is 25.0 Å². The van der Waals surface area contributed by atoms with E-state index < -0.39 is 0 Å². The molecule has 2 aromatic heterocycles. The molecule has 0 aromatic carbocycles. The van der Waals surface area contributed by atoms with Gasteiger partial charge in [0.05, 0.1) is 11.2 Å². The predicted molar refractivity (Wildman–Crippen MR) is 55.3 cm³/mol. The van der Waals surface area contributed by atoms with Gasteiger partial charge in [-0.25, -0.2) is 4.98 Å². The first kappa shape index (κ1) is 8.26. The van der Waals surface area contributed by atoms with E-state index in [2.05, 4.69) is 4.98 Å². The molecular formula is C10H10ClN3. The van der Waals surface area contributed by atoms with Crippen molar-refractivity contribution in [2.24, 2.45) is 5.73 Å². The number of imidazole rings is 1. The molecule has 2 N–H and O–H groups in total. The lowest BCUT2D eigenvalue weighted by Crippen LogP contribution is -2.21. The van der Waals surface area contributed by atoms with Gasteiger partial charge in [-0.2, -0.15) is 0 Å². The smallest absolute Gasteiger partial charge is 0.153 e. The lowest BCUT2D eigenvalue weighted by atomic mass is 10.2. The SMILES string of the molecule is NC1(c2c(Cl)nc3ccccn23)CC1. The molecule has 3 rings (SSSR count). The van der Waals surface area contributed by atoms with Crippen LogP contribution in [0.2, 0.25) is 5.15 Å². The number of halogens is 1. The summed E-state index contributed by atoms with van der Waals surface area (Å²) in [4.78, 5) is 4.27. The fourth-order valence-electron chi connectivity index (χ4n) is 1.78. The quantitative estimate of drug-likeness (QED) is 0.777. The molecule has 0 saturated heterocycles. The van der Waals surface area contributed by atoms with Crippen LogP contribution in [-0.4, -0.2) is 9.38 Å². The number of nitrogens with zero attached hydrogens (tertiary/aromatic N) is 2. The minimum absolute atomic E-state index is 0.238. The second-order valence-corrected chi connectivity index (χ2v) is 4.19. The first-order chi connectivity index (χ1) is 6.71. The van der Waals surface area contributed by atoms with Crippen molar-refractivity contribution in [3.05, 3.63) is 35.2 Å². The van der Waals surface area contributed by atoms with Crippen LogP contribution < -0.4 is 5.73 Å². The number of pyridine rings is 1. The second kappa shape index (κ2) is 2.49. The third-order valence-electron chi connectivity index (χ3n) is 2.75. The lowest BCUT2D eigenvalue weighted by molar-refractivity contribution is 0.699. The zero-order chi connectivity index (χ0) is 9.76. The topological polar surface area (TPSA) is 43.3 Å². The first-order valence-electron chi connectivity index (χ1n) is 4.63. The summed E-state index contributed by atoms with van der Waals surface area (Å²) in [6, 6.07) is 5.83. The van der Waals surface area contributed by atoms with Gasteiger partial charge in [0.15, 0.2) is 5.15 Å². The minimum atomic E-state index is -0.238. The van der Waals surface area contributed by atoms with Crippen LogP contribution in [-0.2, 0) is 5.54 Å². The van der Waals surface area contributed by atoms with Crippen molar-refractivity contribution in [3.8, 4) is 0 Å². The Bertz CT molecular complexity index is 499. The van der Waals surface area contributed by atoms with Gasteiger partial charge in [-0.3, -0.25) is 0 Å². The van der Waals surface area contributed by atoms with Crippen molar-refractivity contribution in [1.29, 1.82) is 0 Å². The molecule has 1 fully saturated rings. The fraction of sp³-hybridized carbons (Fsp3) is 0.300. The average molecular weight is 208 g/mol. The molecule has 1 saturated carbocycles. The number of fused-ring (bicyclic) bond motifs is 1. The molecule has 0 aliphatic heterocycles. The van der Waals surface area contributed by atoms with Gasteiger partial charge in [0.2, 0.25) is 0 Å². The van der Waals surface area contributed by atoms with Crippen LogP contribution in [0.1, 0.15) is 18.5 Å². The van der Waals surface area contributed by atoms with E-state index in [1.807, 2.05) is 28.8 Å². The second-order valence-electron chi connectivity index (χ2n) is 3.84.